The molecule has 1 aliphatic carbocycles. The predicted octanol–water partition coefficient (Wildman–Crippen LogP) is 4.98. The number of carbonyl (C=O) groups excluding carboxylic acids is 3. The lowest BCUT2D eigenvalue weighted by molar-refractivity contribution is -0.133. The van der Waals surface area contributed by atoms with Crippen molar-refractivity contribution in [2.45, 2.75) is 142 Å². The van der Waals surface area contributed by atoms with E-state index in [1.165, 1.54) is 12.8 Å². The first-order valence-corrected chi connectivity index (χ1v) is 17.3. The Labute approximate surface area is 266 Å². The third kappa shape index (κ3) is 11.5. The first-order chi connectivity index (χ1) is 20.9. The van der Waals surface area contributed by atoms with E-state index in [2.05, 4.69) is 27.8 Å². The van der Waals surface area contributed by atoms with E-state index >= 15 is 0 Å². The van der Waals surface area contributed by atoms with Gasteiger partial charge in [0.2, 0.25) is 17.7 Å². The molecule has 3 amide bonds. The van der Waals surface area contributed by atoms with Crippen LogP contribution in [0.5, 0.6) is 0 Å². The zero-order valence-corrected chi connectivity index (χ0v) is 28.2. The number of hydrogen-bond acceptors (Lipinski definition) is 5. The molecule has 248 valence electrons. The van der Waals surface area contributed by atoms with Crippen molar-refractivity contribution in [3.05, 3.63) is 35.9 Å². The Kier molecular flexibility index (Phi) is 14.2. The summed E-state index contributed by atoms with van der Waals surface area (Å²) in [7, 11) is 0. The van der Waals surface area contributed by atoms with Crippen LogP contribution in [0, 0.1) is 17.8 Å². The Morgan fingerprint density at radius 1 is 0.977 bits per heavy atom. The van der Waals surface area contributed by atoms with Gasteiger partial charge in [-0.1, -0.05) is 89.6 Å². The van der Waals surface area contributed by atoms with Crippen LogP contribution in [-0.2, 0) is 20.8 Å². The summed E-state index contributed by atoms with van der Waals surface area (Å²) in [6.07, 6.45) is 9.50. The van der Waals surface area contributed by atoms with Crippen molar-refractivity contribution in [1.82, 2.24) is 20.9 Å². The first kappa shape index (κ1) is 36.0. The van der Waals surface area contributed by atoms with Crippen molar-refractivity contribution in [2.24, 2.45) is 17.8 Å². The summed E-state index contributed by atoms with van der Waals surface area (Å²) in [4.78, 5) is 42.1. The van der Waals surface area contributed by atoms with Gasteiger partial charge in [0.05, 0.1) is 18.2 Å². The van der Waals surface area contributed by atoms with Crippen LogP contribution in [0.2, 0.25) is 0 Å². The fraction of sp³-hybridized carbons (Fsp3) is 0.750. The van der Waals surface area contributed by atoms with E-state index in [9.17, 15) is 19.5 Å². The van der Waals surface area contributed by atoms with Crippen LogP contribution < -0.4 is 16.0 Å². The van der Waals surface area contributed by atoms with Crippen molar-refractivity contribution in [2.75, 3.05) is 13.1 Å². The minimum absolute atomic E-state index is 0.0129. The molecule has 0 unspecified atom stereocenters. The molecular weight excluding hydrogens is 552 g/mol. The Balaban J connectivity index is 1.77. The van der Waals surface area contributed by atoms with E-state index in [1.807, 2.05) is 65.0 Å². The average Bonchev–Trinajstić information content (AvgIpc) is 2.96. The average molecular weight is 613 g/mol. The minimum atomic E-state index is -0.901. The number of aliphatic hydroxyl groups is 1. The topological polar surface area (TPSA) is 111 Å². The summed E-state index contributed by atoms with van der Waals surface area (Å²) in [5.74, 6) is 0.562. The fourth-order valence-corrected chi connectivity index (χ4v) is 6.91. The van der Waals surface area contributed by atoms with Gasteiger partial charge >= 0.3 is 0 Å². The highest BCUT2D eigenvalue weighted by molar-refractivity contribution is 5.88. The second-order valence-electron chi connectivity index (χ2n) is 14.7. The number of fused-ring (bicyclic) bond motifs is 1. The van der Waals surface area contributed by atoms with Gasteiger partial charge in [0, 0.05) is 25.0 Å². The molecule has 1 aliphatic heterocycles. The molecule has 0 spiro atoms. The van der Waals surface area contributed by atoms with Gasteiger partial charge in [-0.2, -0.15) is 0 Å². The Hall–Kier alpha value is -2.45. The molecule has 0 bridgehead atoms. The minimum Gasteiger partial charge on any atom is -0.390 e. The summed E-state index contributed by atoms with van der Waals surface area (Å²) in [5.41, 5.74) is 0.659. The highest BCUT2D eigenvalue weighted by Crippen LogP contribution is 2.39. The zero-order valence-electron chi connectivity index (χ0n) is 28.2. The van der Waals surface area contributed by atoms with E-state index in [-0.39, 0.29) is 35.2 Å². The third-order valence-corrected chi connectivity index (χ3v) is 9.34. The number of benzene rings is 1. The summed E-state index contributed by atoms with van der Waals surface area (Å²) in [6.45, 7) is 13.1. The summed E-state index contributed by atoms with van der Waals surface area (Å²) in [5, 5.41) is 21.1. The van der Waals surface area contributed by atoms with Gasteiger partial charge in [0.15, 0.2) is 0 Å². The number of carbonyl (C=O) groups is 3. The number of aliphatic hydroxyl groups excluding tert-OH is 1. The molecule has 3 rings (SSSR count). The van der Waals surface area contributed by atoms with Crippen molar-refractivity contribution in [3.8, 4) is 0 Å². The summed E-state index contributed by atoms with van der Waals surface area (Å²) in [6, 6.07) is 8.27. The van der Waals surface area contributed by atoms with Gasteiger partial charge in [0.1, 0.15) is 6.04 Å². The maximum absolute atomic E-state index is 13.7. The van der Waals surface area contributed by atoms with Crippen LogP contribution in [-0.4, -0.2) is 70.6 Å². The molecule has 2 fully saturated rings. The van der Waals surface area contributed by atoms with Crippen LogP contribution in [0.4, 0.5) is 0 Å². The Bertz CT molecular complexity index is 1040. The standard InChI is InChI=1S/C36H60N4O4/c1-7-8-9-13-20-32(42)38-33(25(2)3)35(44)37-29(21-26-16-11-10-12-17-26)31(41)24-40-23-28-19-15-14-18-27(28)22-30(40)34(43)39-36(4,5)6/h10-12,16-17,25,27-31,33,41H,7-9,13-15,18-24H2,1-6H3,(H,37,44)(H,38,42)(H,39,43)/t27-,28+,29-,30-,31+,33-/m0/s1. The number of nitrogens with zero attached hydrogens (tertiary/aromatic N) is 1. The van der Waals surface area contributed by atoms with Crippen LogP contribution in [0.15, 0.2) is 30.3 Å². The van der Waals surface area contributed by atoms with E-state index in [0.29, 0.717) is 31.2 Å². The molecule has 1 aromatic carbocycles. The lowest BCUT2D eigenvalue weighted by atomic mass is 9.72. The molecule has 2 aliphatic rings. The molecular formula is C36H60N4O4. The predicted molar refractivity (Wildman–Crippen MR) is 177 cm³/mol. The second-order valence-corrected chi connectivity index (χ2v) is 14.7. The van der Waals surface area contributed by atoms with Crippen molar-refractivity contribution in [1.29, 1.82) is 0 Å². The van der Waals surface area contributed by atoms with Gasteiger partial charge in [0.25, 0.3) is 0 Å². The quantitative estimate of drug-likeness (QED) is 0.209. The van der Waals surface area contributed by atoms with Crippen LogP contribution in [0.1, 0.15) is 111 Å². The Morgan fingerprint density at radius 2 is 1.66 bits per heavy atom. The van der Waals surface area contributed by atoms with Gasteiger partial charge in [-0.15, -0.1) is 0 Å². The van der Waals surface area contributed by atoms with Gasteiger partial charge in [-0.25, -0.2) is 0 Å². The maximum Gasteiger partial charge on any atom is 0.243 e. The zero-order chi connectivity index (χ0) is 32.3. The number of nitrogens with one attached hydrogen (secondary N) is 3. The molecule has 8 heteroatoms. The normalized spacial score (nSPS) is 22.9. The SMILES string of the molecule is CCCCCCC(=O)N[C@H](C(=O)N[C@@H](Cc1ccccc1)[C@H](O)CN1C[C@H]2CCCC[C@H]2C[C@H]1C(=O)NC(C)(C)C)C(C)C. The van der Waals surface area contributed by atoms with Crippen molar-refractivity contribution in [3.63, 3.8) is 0 Å². The molecule has 44 heavy (non-hydrogen) atoms. The maximum atomic E-state index is 13.7. The van der Waals surface area contributed by atoms with Crippen LogP contribution in [0.3, 0.4) is 0 Å². The Morgan fingerprint density at radius 3 is 2.30 bits per heavy atom. The molecule has 8 nitrogen and oxygen atoms in total. The number of unbranched alkanes of at least 4 members (excludes halogenated alkanes) is 3. The van der Waals surface area contributed by atoms with Gasteiger partial charge < -0.3 is 21.1 Å². The number of piperidine rings is 1. The van der Waals surface area contributed by atoms with E-state index in [1.54, 1.807) is 0 Å². The summed E-state index contributed by atoms with van der Waals surface area (Å²) < 4.78 is 0. The monoisotopic (exact) mass is 612 g/mol. The molecule has 1 heterocycles. The molecule has 4 N–H and O–H groups in total. The van der Waals surface area contributed by atoms with E-state index in [0.717, 1.165) is 57.1 Å². The smallest absolute Gasteiger partial charge is 0.243 e. The van der Waals surface area contributed by atoms with Gasteiger partial charge in [-0.05, 0) is 69.8 Å². The van der Waals surface area contributed by atoms with Crippen LogP contribution in [0.25, 0.3) is 0 Å². The highest BCUT2D eigenvalue weighted by atomic mass is 16.3. The number of β-amino-alcohol motifs (C(OH)–C–C–N with tert-alkyl or cyclic N) is 1. The van der Waals surface area contributed by atoms with Crippen molar-refractivity contribution >= 4 is 17.7 Å². The molecule has 1 saturated carbocycles. The van der Waals surface area contributed by atoms with Gasteiger partial charge in [-0.3, -0.25) is 19.3 Å². The van der Waals surface area contributed by atoms with Crippen molar-refractivity contribution < 1.29 is 19.5 Å². The molecule has 6 atom stereocenters. The molecule has 1 aromatic rings. The second kappa shape index (κ2) is 17.3. The largest absolute Gasteiger partial charge is 0.390 e. The summed E-state index contributed by atoms with van der Waals surface area (Å²) >= 11 is 0. The molecule has 0 radical (unpaired) electrons. The number of rotatable bonds is 15. The third-order valence-electron chi connectivity index (χ3n) is 9.34. The number of hydrogen-bond donors (Lipinski definition) is 4. The number of amides is 3. The first-order valence-electron chi connectivity index (χ1n) is 17.3. The lowest BCUT2D eigenvalue weighted by Gasteiger charge is -2.47. The van der Waals surface area contributed by atoms with Crippen LogP contribution >= 0.6 is 0 Å². The number of likely N-dealkylation sites (tertiary alicyclic amines) is 1. The highest BCUT2D eigenvalue weighted by Gasteiger charge is 2.42. The molecule has 0 aromatic heterocycles. The fourth-order valence-electron chi connectivity index (χ4n) is 6.91. The molecule has 1 saturated heterocycles. The van der Waals surface area contributed by atoms with E-state index in [4.69, 9.17) is 0 Å². The lowest BCUT2D eigenvalue weighted by Crippen LogP contribution is -2.61. The van der Waals surface area contributed by atoms with E-state index < -0.39 is 18.2 Å².